The van der Waals surface area contributed by atoms with Gasteiger partial charge in [-0.25, -0.2) is 0 Å². The molecule has 0 atom stereocenters. The number of nitrogens with zero attached hydrogens (tertiary/aromatic N) is 1. The van der Waals surface area contributed by atoms with Crippen molar-refractivity contribution in [2.24, 2.45) is 5.92 Å². The predicted octanol–water partition coefficient (Wildman–Crippen LogP) is 4.18. The van der Waals surface area contributed by atoms with Crippen LogP contribution < -0.4 is 4.74 Å². The summed E-state index contributed by atoms with van der Waals surface area (Å²) in [6.45, 7) is 4.34. The topological polar surface area (TPSA) is 22.1 Å². The average Bonchev–Trinajstić information content (AvgIpc) is 2.45. The number of aromatic nitrogens is 1. The minimum absolute atomic E-state index is 0.461. The van der Waals surface area contributed by atoms with Crippen LogP contribution in [0.25, 0.3) is 5.57 Å². The molecule has 2 aromatic rings. The number of benzene rings is 1. The van der Waals surface area contributed by atoms with Crippen LogP contribution in [0.1, 0.15) is 25.1 Å². The summed E-state index contributed by atoms with van der Waals surface area (Å²) in [6.07, 6.45) is 4.06. The van der Waals surface area contributed by atoms with Crippen LogP contribution in [0.15, 0.2) is 54.7 Å². The summed E-state index contributed by atoms with van der Waals surface area (Å²) in [4.78, 5) is 4.45. The fourth-order valence-corrected chi connectivity index (χ4v) is 1.98. The van der Waals surface area contributed by atoms with E-state index in [-0.39, 0.29) is 0 Å². The van der Waals surface area contributed by atoms with E-state index in [9.17, 15) is 0 Å². The molecular formula is C17H19NO. The molecule has 0 aliphatic carbocycles. The lowest BCUT2D eigenvalue weighted by atomic mass is 9.98. The van der Waals surface area contributed by atoms with Gasteiger partial charge in [-0.3, -0.25) is 4.98 Å². The lowest BCUT2D eigenvalue weighted by Crippen LogP contribution is -1.94. The Morgan fingerprint density at radius 2 is 2.00 bits per heavy atom. The molecule has 2 rings (SSSR count). The molecule has 1 aromatic carbocycles. The van der Waals surface area contributed by atoms with Crippen molar-refractivity contribution in [2.75, 3.05) is 7.11 Å². The van der Waals surface area contributed by atoms with Crippen molar-refractivity contribution in [3.8, 4) is 5.75 Å². The Hall–Kier alpha value is -2.09. The Labute approximate surface area is 114 Å². The fraction of sp³-hybridized carbons (Fsp3) is 0.235. The van der Waals surface area contributed by atoms with E-state index in [4.69, 9.17) is 4.74 Å². The quantitative estimate of drug-likeness (QED) is 0.815. The van der Waals surface area contributed by atoms with Crippen molar-refractivity contribution in [1.82, 2.24) is 4.98 Å². The first-order chi connectivity index (χ1) is 9.20. The minimum Gasteiger partial charge on any atom is -0.497 e. The van der Waals surface area contributed by atoms with Crippen molar-refractivity contribution in [3.63, 3.8) is 0 Å². The van der Waals surface area contributed by atoms with E-state index in [1.165, 1.54) is 0 Å². The van der Waals surface area contributed by atoms with Crippen LogP contribution in [-0.2, 0) is 0 Å². The highest BCUT2D eigenvalue weighted by molar-refractivity contribution is 5.78. The summed E-state index contributed by atoms with van der Waals surface area (Å²) in [5.74, 6) is 1.33. The first-order valence-electron chi connectivity index (χ1n) is 6.48. The van der Waals surface area contributed by atoms with E-state index >= 15 is 0 Å². The molecule has 98 valence electrons. The Balaban J connectivity index is 2.49. The number of ether oxygens (including phenoxy) is 1. The first kappa shape index (κ1) is 13.3. The molecule has 1 aromatic heterocycles. The highest BCUT2D eigenvalue weighted by Gasteiger charge is 2.08. The molecule has 0 aliphatic heterocycles. The van der Waals surface area contributed by atoms with Gasteiger partial charge >= 0.3 is 0 Å². The number of rotatable bonds is 4. The third kappa shape index (κ3) is 3.44. The maximum atomic E-state index is 5.30. The lowest BCUT2D eigenvalue weighted by Gasteiger charge is -2.10. The molecule has 0 spiro atoms. The first-order valence-corrected chi connectivity index (χ1v) is 6.48. The highest BCUT2D eigenvalue weighted by atomic mass is 16.5. The molecule has 0 amide bonds. The summed E-state index contributed by atoms with van der Waals surface area (Å²) in [5.41, 5.74) is 3.27. The fourth-order valence-electron chi connectivity index (χ4n) is 1.98. The van der Waals surface area contributed by atoms with Gasteiger partial charge in [-0.2, -0.15) is 0 Å². The predicted molar refractivity (Wildman–Crippen MR) is 79.1 cm³/mol. The third-order valence-corrected chi connectivity index (χ3v) is 2.82. The van der Waals surface area contributed by atoms with Gasteiger partial charge in [0, 0.05) is 11.8 Å². The Morgan fingerprint density at radius 1 is 1.16 bits per heavy atom. The van der Waals surface area contributed by atoms with Gasteiger partial charge in [0.25, 0.3) is 0 Å². The number of hydrogen-bond donors (Lipinski definition) is 0. The molecule has 0 saturated carbocycles. The van der Waals surface area contributed by atoms with Gasteiger partial charge in [0.05, 0.1) is 12.8 Å². The number of pyridine rings is 1. The summed E-state index contributed by atoms with van der Waals surface area (Å²) >= 11 is 0. The van der Waals surface area contributed by atoms with E-state index in [1.54, 1.807) is 7.11 Å². The summed E-state index contributed by atoms with van der Waals surface area (Å²) < 4.78 is 5.30. The van der Waals surface area contributed by atoms with E-state index in [0.29, 0.717) is 5.92 Å². The van der Waals surface area contributed by atoms with Crippen LogP contribution in [0.2, 0.25) is 0 Å². The van der Waals surface area contributed by atoms with Gasteiger partial charge in [0.1, 0.15) is 5.75 Å². The lowest BCUT2D eigenvalue weighted by molar-refractivity contribution is 0.414. The second-order valence-corrected chi connectivity index (χ2v) is 4.77. The molecule has 1 heterocycles. The molecule has 0 aliphatic rings. The van der Waals surface area contributed by atoms with Gasteiger partial charge in [-0.1, -0.05) is 38.1 Å². The van der Waals surface area contributed by atoms with Crippen LogP contribution in [0.4, 0.5) is 0 Å². The van der Waals surface area contributed by atoms with Crippen molar-refractivity contribution in [3.05, 3.63) is 66.0 Å². The van der Waals surface area contributed by atoms with Gasteiger partial charge in [0.15, 0.2) is 0 Å². The summed E-state index contributed by atoms with van der Waals surface area (Å²) in [5, 5.41) is 0. The molecule has 0 fully saturated rings. The van der Waals surface area contributed by atoms with Crippen LogP contribution in [-0.4, -0.2) is 12.1 Å². The van der Waals surface area contributed by atoms with Crippen LogP contribution >= 0.6 is 0 Å². The number of allylic oxidation sites excluding steroid dienone is 1. The number of methoxy groups -OCH3 is 1. The van der Waals surface area contributed by atoms with Crippen molar-refractivity contribution in [2.45, 2.75) is 13.8 Å². The zero-order valence-corrected chi connectivity index (χ0v) is 11.6. The monoisotopic (exact) mass is 253 g/mol. The largest absolute Gasteiger partial charge is 0.497 e. The van der Waals surface area contributed by atoms with Crippen LogP contribution in [0.5, 0.6) is 5.75 Å². The number of hydrogen-bond acceptors (Lipinski definition) is 2. The highest BCUT2D eigenvalue weighted by Crippen LogP contribution is 2.26. The van der Waals surface area contributed by atoms with Gasteiger partial charge in [0.2, 0.25) is 0 Å². The summed E-state index contributed by atoms with van der Waals surface area (Å²) in [6, 6.07) is 14.1. The van der Waals surface area contributed by atoms with Crippen molar-refractivity contribution in [1.29, 1.82) is 0 Å². The second kappa shape index (κ2) is 6.19. The maximum Gasteiger partial charge on any atom is 0.119 e. The van der Waals surface area contributed by atoms with E-state index in [1.807, 2.05) is 42.6 Å². The molecule has 0 saturated heterocycles. The molecule has 0 bridgehead atoms. The van der Waals surface area contributed by atoms with Crippen molar-refractivity contribution < 1.29 is 4.74 Å². The zero-order chi connectivity index (χ0) is 13.7. The van der Waals surface area contributed by atoms with Gasteiger partial charge in [-0.15, -0.1) is 0 Å². The SMILES string of the molecule is COc1cccc(/C(=C\C(C)C)c2ccccn2)c1. The molecule has 0 unspecified atom stereocenters. The minimum atomic E-state index is 0.461. The smallest absolute Gasteiger partial charge is 0.119 e. The molecular weight excluding hydrogens is 234 g/mol. The second-order valence-electron chi connectivity index (χ2n) is 4.77. The normalized spacial score (nSPS) is 11.7. The molecule has 0 radical (unpaired) electrons. The average molecular weight is 253 g/mol. The summed E-state index contributed by atoms with van der Waals surface area (Å²) in [7, 11) is 1.69. The third-order valence-electron chi connectivity index (χ3n) is 2.82. The molecule has 0 N–H and O–H groups in total. The van der Waals surface area contributed by atoms with Crippen molar-refractivity contribution >= 4 is 5.57 Å². The van der Waals surface area contributed by atoms with Crippen LogP contribution in [0.3, 0.4) is 0 Å². The zero-order valence-electron chi connectivity index (χ0n) is 11.6. The Morgan fingerprint density at radius 3 is 2.63 bits per heavy atom. The molecule has 19 heavy (non-hydrogen) atoms. The molecule has 2 nitrogen and oxygen atoms in total. The van der Waals surface area contributed by atoms with Gasteiger partial charge in [-0.05, 0) is 35.7 Å². The molecule has 2 heteroatoms. The Kier molecular flexibility index (Phi) is 4.35. The van der Waals surface area contributed by atoms with E-state index in [2.05, 4.69) is 31.0 Å². The van der Waals surface area contributed by atoms with E-state index in [0.717, 1.165) is 22.6 Å². The Bertz CT molecular complexity index is 558. The standard InChI is InChI=1S/C17H19NO/c1-13(2)11-16(17-9-4-5-10-18-17)14-7-6-8-15(12-14)19-3/h4-13H,1-3H3/b16-11+. The van der Waals surface area contributed by atoms with Crippen LogP contribution in [0, 0.1) is 5.92 Å². The van der Waals surface area contributed by atoms with Gasteiger partial charge < -0.3 is 4.74 Å². The maximum absolute atomic E-state index is 5.30. The van der Waals surface area contributed by atoms with E-state index < -0.39 is 0 Å².